The lowest BCUT2D eigenvalue weighted by atomic mass is 10.0. The Bertz CT molecular complexity index is 733. The molecule has 0 saturated carbocycles. The van der Waals surface area contributed by atoms with Crippen molar-refractivity contribution < 1.29 is 4.79 Å². The van der Waals surface area contributed by atoms with E-state index in [0.29, 0.717) is 23.4 Å². The number of nitrogens with zero attached hydrogens (tertiary/aromatic N) is 1. The van der Waals surface area contributed by atoms with Crippen LogP contribution in [0.1, 0.15) is 50.3 Å². The van der Waals surface area contributed by atoms with Crippen molar-refractivity contribution in [2.75, 3.05) is 18.0 Å². The fraction of sp³-hybridized carbons (Fsp3) is 0.458. The highest BCUT2D eigenvalue weighted by Gasteiger charge is 2.16. The quantitative estimate of drug-likeness (QED) is 0.643. The van der Waals surface area contributed by atoms with E-state index in [2.05, 4.69) is 74.2 Å². The molecule has 0 aliphatic carbocycles. The summed E-state index contributed by atoms with van der Waals surface area (Å²) in [6.07, 6.45) is 3.51. The number of benzene rings is 2. The number of piperidine rings is 1. The van der Waals surface area contributed by atoms with Crippen LogP contribution in [-0.2, 0) is 23.4 Å². The van der Waals surface area contributed by atoms with Gasteiger partial charge in [0.05, 0.1) is 0 Å². The maximum Gasteiger partial charge on any atom is 0.136 e. The van der Waals surface area contributed by atoms with Gasteiger partial charge in [0.2, 0.25) is 0 Å². The van der Waals surface area contributed by atoms with Crippen LogP contribution < -0.4 is 4.90 Å². The molecular formula is C24H31NOS. The average Bonchev–Trinajstić information content (AvgIpc) is 2.66. The van der Waals surface area contributed by atoms with Gasteiger partial charge in [-0.25, -0.2) is 0 Å². The molecule has 1 heterocycles. The minimum absolute atomic E-state index is 0.314. The standard InChI is InChI=1S/C24H31NOS/c1-24(2,3)27-18-21-8-6-19(7-9-21)4-5-20-10-12-22(13-11-20)25-16-14-23(26)15-17-25/h6-13H,4-5,14-18H2,1-3H3. The molecule has 1 fully saturated rings. The van der Waals surface area contributed by atoms with Gasteiger partial charge in [-0.05, 0) is 41.7 Å². The fourth-order valence-electron chi connectivity index (χ4n) is 3.28. The maximum atomic E-state index is 11.4. The SMILES string of the molecule is CC(C)(C)SCc1ccc(CCc2ccc(N3CCC(=O)CC3)cc2)cc1. The maximum absolute atomic E-state index is 11.4. The van der Waals surface area contributed by atoms with Crippen molar-refractivity contribution in [3.05, 3.63) is 65.2 Å². The van der Waals surface area contributed by atoms with Gasteiger partial charge in [0, 0.05) is 42.1 Å². The number of anilines is 1. The van der Waals surface area contributed by atoms with Crippen molar-refractivity contribution in [1.29, 1.82) is 0 Å². The highest BCUT2D eigenvalue weighted by molar-refractivity contribution is 7.99. The van der Waals surface area contributed by atoms with Gasteiger partial charge >= 0.3 is 0 Å². The Kier molecular flexibility index (Phi) is 6.64. The summed E-state index contributed by atoms with van der Waals surface area (Å²) in [5, 5.41) is 0. The molecule has 0 amide bonds. The molecule has 3 heteroatoms. The van der Waals surface area contributed by atoms with Crippen LogP contribution in [0.3, 0.4) is 0 Å². The summed E-state index contributed by atoms with van der Waals surface area (Å²) in [6, 6.07) is 18.0. The van der Waals surface area contributed by atoms with E-state index in [1.807, 2.05) is 11.8 Å². The van der Waals surface area contributed by atoms with Crippen molar-refractivity contribution >= 4 is 23.2 Å². The molecule has 1 aliphatic heterocycles. The second-order valence-corrected chi connectivity index (χ2v) is 10.2. The summed E-state index contributed by atoms with van der Waals surface area (Å²) in [6.45, 7) is 8.52. The first-order valence-corrected chi connectivity index (χ1v) is 10.9. The molecule has 2 aromatic rings. The number of carbonyl (C=O) groups excluding carboxylic acids is 1. The minimum Gasteiger partial charge on any atom is -0.371 e. The predicted molar refractivity (Wildman–Crippen MR) is 118 cm³/mol. The molecule has 0 radical (unpaired) electrons. The molecule has 2 aromatic carbocycles. The summed E-state index contributed by atoms with van der Waals surface area (Å²) in [4.78, 5) is 13.7. The second kappa shape index (κ2) is 8.97. The Morgan fingerprint density at radius 3 is 1.81 bits per heavy atom. The van der Waals surface area contributed by atoms with Gasteiger partial charge in [-0.1, -0.05) is 57.2 Å². The lowest BCUT2D eigenvalue weighted by Crippen LogP contribution is -2.33. The Labute approximate surface area is 168 Å². The lowest BCUT2D eigenvalue weighted by Gasteiger charge is -2.28. The first kappa shape index (κ1) is 20.0. The van der Waals surface area contributed by atoms with Crippen LogP contribution >= 0.6 is 11.8 Å². The van der Waals surface area contributed by atoms with Crippen LogP contribution in [-0.4, -0.2) is 23.6 Å². The summed E-state index contributed by atoms with van der Waals surface area (Å²) in [5.74, 6) is 1.47. The smallest absolute Gasteiger partial charge is 0.136 e. The third-order valence-corrected chi connectivity index (χ3v) is 6.36. The number of aryl methyl sites for hydroxylation is 2. The Hall–Kier alpha value is -1.74. The second-order valence-electron chi connectivity index (χ2n) is 8.41. The van der Waals surface area contributed by atoms with Crippen molar-refractivity contribution in [3.63, 3.8) is 0 Å². The summed E-state index contributed by atoms with van der Waals surface area (Å²) in [7, 11) is 0. The van der Waals surface area contributed by atoms with Gasteiger partial charge in [-0.3, -0.25) is 4.79 Å². The van der Waals surface area contributed by atoms with Crippen LogP contribution in [0.25, 0.3) is 0 Å². The minimum atomic E-state index is 0.314. The van der Waals surface area contributed by atoms with E-state index in [9.17, 15) is 4.79 Å². The summed E-state index contributed by atoms with van der Waals surface area (Å²) < 4.78 is 0.314. The molecule has 2 nitrogen and oxygen atoms in total. The predicted octanol–water partition coefficient (Wildman–Crippen LogP) is 5.67. The van der Waals surface area contributed by atoms with Crippen molar-refractivity contribution in [3.8, 4) is 0 Å². The van der Waals surface area contributed by atoms with E-state index >= 15 is 0 Å². The molecular weight excluding hydrogens is 350 g/mol. The molecule has 1 aliphatic rings. The Morgan fingerprint density at radius 2 is 1.30 bits per heavy atom. The lowest BCUT2D eigenvalue weighted by molar-refractivity contribution is -0.119. The monoisotopic (exact) mass is 381 g/mol. The van der Waals surface area contributed by atoms with Gasteiger partial charge in [-0.2, -0.15) is 11.8 Å². The van der Waals surface area contributed by atoms with Crippen LogP contribution in [0.5, 0.6) is 0 Å². The fourth-order valence-corrected chi connectivity index (χ4v) is 4.07. The Morgan fingerprint density at radius 1 is 0.815 bits per heavy atom. The zero-order chi connectivity index (χ0) is 19.3. The molecule has 0 spiro atoms. The zero-order valence-electron chi connectivity index (χ0n) is 16.8. The van der Waals surface area contributed by atoms with Crippen molar-refractivity contribution in [2.24, 2.45) is 0 Å². The van der Waals surface area contributed by atoms with E-state index in [4.69, 9.17) is 0 Å². The molecule has 1 saturated heterocycles. The molecule has 0 bridgehead atoms. The molecule has 0 aromatic heterocycles. The van der Waals surface area contributed by atoms with Crippen LogP contribution in [0.4, 0.5) is 5.69 Å². The van der Waals surface area contributed by atoms with E-state index in [1.54, 1.807) is 0 Å². The summed E-state index contributed by atoms with van der Waals surface area (Å²) >= 11 is 1.99. The van der Waals surface area contributed by atoms with Gasteiger partial charge in [0.15, 0.2) is 0 Å². The van der Waals surface area contributed by atoms with Crippen LogP contribution in [0, 0.1) is 0 Å². The highest BCUT2D eigenvalue weighted by atomic mass is 32.2. The number of thioether (sulfide) groups is 1. The highest BCUT2D eigenvalue weighted by Crippen LogP contribution is 2.27. The van der Waals surface area contributed by atoms with Gasteiger partial charge in [0.25, 0.3) is 0 Å². The van der Waals surface area contributed by atoms with E-state index in [1.165, 1.54) is 22.4 Å². The van der Waals surface area contributed by atoms with E-state index in [0.717, 1.165) is 31.7 Å². The molecule has 0 atom stereocenters. The first-order chi connectivity index (χ1) is 12.9. The van der Waals surface area contributed by atoms with Gasteiger partial charge in [-0.15, -0.1) is 0 Å². The summed E-state index contributed by atoms with van der Waals surface area (Å²) in [5.41, 5.74) is 5.42. The van der Waals surface area contributed by atoms with E-state index < -0.39 is 0 Å². The normalized spacial score (nSPS) is 15.2. The third kappa shape index (κ3) is 6.42. The zero-order valence-corrected chi connectivity index (χ0v) is 17.6. The van der Waals surface area contributed by atoms with Crippen LogP contribution in [0.2, 0.25) is 0 Å². The number of rotatable bonds is 6. The molecule has 27 heavy (non-hydrogen) atoms. The number of hydrogen-bond acceptors (Lipinski definition) is 3. The first-order valence-electron chi connectivity index (χ1n) is 9.96. The average molecular weight is 382 g/mol. The number of Topliss-reactive ketones (excluding diaryl/α,β-unsaturated/α-hetero) is 1. The molecule has 3 rings (SSSR count). The van der Waals surface area contributed by atoms with E-state index in [-0.39, 0.29) is 0 Å². The van der Waals surface area contributed by atoms with Gasteiger partial charge < -0.3 is 4.90 Å². The number of carbonyl (C=O) groups is 1. The topological polar surface area (TPSA) is 20.3 Å². The molecule has 0 N–H and O–H groups in total. The molecule has 0 unspecified atom stereocenters. The number of hydrogen-bond donors (Lipinski definition) is 0. The van der Waals surface area contributed by atoms with Crippen LogP contribution in [0.15, 0.2) is 48.5 Å². The number of ketones is 1. The Balaban J connectivity index is 1.49. The van der Waals surface area contributed by atoms with Gasteiger partial charge in [0.1, 0.15) is 5.78 Å². The van der Waals surface area contributed by atoms with Crippen molar-refractivity contribution in [1.82, 2.24) is 0 Å². The third-order valence-electron chi connectivity index (χ3n) is 5.02. The largest absolute Gasteiger partial charge is 0.371 e. The van der Waals surface area contributed by atoms with Crippen molar-refractivity contribution in [2.45, 2.75) is 57.0 Å². The molecule has 144 valence electrons.